The predicted molar refractivity (Wildman–Crippen MR) is 280 cm³/mol. The molecule has 7 N–H and O–H groups in total. The Morgan fingerprint density at radius 1 is 0.813 bits per heavy atom. The molecular formula is C54H75N9O12. The fraction of sp³-hybridized carbons (Fsp3) is 0.537. The van der Waals surface area contributed by atoms with Crippen LogP contribution < -0.4 is 21.3 Å². The van der Waals surface area contributed by atoms with Gasteiger partial charge in [0.25, 0.3) is 0 Å². The van der Waals surface area contributed by atoms with E-state index in [4.69, 9.17) is 0 Å². The molecule has 0 aliphatic carbocycles. The first-order valence-electron chi connectivity index (χ1n) is 25.4. The number of nitrogens with one attached hydrogen (secondary N) is 4. The Morgan fingerprint density at radius 2 is 1.41 bits per heavy atom. The number of nitro benzene ring substituents is 1. The summed E-state index contributed by atoms with van der Waals surface area (Å²) < 4.78 is 2.00. The van der Waals surface area contributed by atoms with Gasteiger partial charge >= 0.3 is 5.69 Å². The highest BCUT2D eigenvalue weighted by molar-refractivity contribution is 5.99. The van der Waals surface area contributed by atoms with Gasteiger partial charge in [0.15, 0.2) is 5.75 Å². The molecule has 3 aromatic rings. The number of hydrogen-bond donors (Lipinski definition) is 7. The standard InChI is InChI=1S/C54H75N9O12/c1-12-14-18-37-46(66)58-39(26-34-28-61(54(8,9)13-2)40-19-16-15-17-36(34)40)52(72)59(10)42(22-30(3)4)48(68)57-38(24-33-20-21-45(65)41(25-33)63(74)75)47(67)55-32(7)50(70)60(11)44-27-35(29-64)51(71)62(53(44)73)43(23-31(5)6)49(69)56-37/h12-17,19-21,25,28,30-32,35,37-39,42-44,51,64-65,71H,2,18,22-24,26-27,29H2,1,3-11H3,(H,55,67)(H,56,69)(H,57,68)(H,58,66)/t32-,35-,37-,38-,39-,42-,43-,44-,51+/m0/s1. The fourth-order valence-electron chi connectivity index (χ4n) is 9.79. The number of nitro groups is 1. The van der Waals surface area contributed by atoms with E-state index in [1.54, 1.807) is 39.0 Å². The van der Waals surface area contributed by atoms with Crippen molar-refractivity contribution in [2.45, 2.75) is 148 Å². The van der Waals surface area contributed by atoms with Gasteiger partial charge in [-0.3, -0.25) is 43.7 Å². The highest BCUT2D eigenvalue weighted by Gasteiger charge is 2.49. The zero-order valence-electron chi connectivity index (χ0n) is 44.6. The van der Waals surface area contributed by atoms with E-state index in [2.05, 4.69) is 27.8 Å². The number of aliphatic hydroxyl groups is 2. The molecule has 408 valence electrons. The number of hydrogen-bond acceptors (Lipinski definition) is 12. The van der Waals surface area contributed by atoms with E-state index in [9.17, 15) is 54.2 Å². The van der Waals surface area contributed by atoms with Crippen LogP contribution in [0.2, 0.25) is 0 Å². The number of nitrogens with zero attached hydrogens (tertiary/aromatic N) is 5. The molecule has 0 radical (unpaired) electrons. The molecule has 0 unspecified atom stereocenters. The second kappa shape index (κ2) is 24.9. The Kier molecular flexibility index (Phi) is 19.5. The third kappa shape index (κ3) is 13.6. The molecule has 2 aromatic carbocycles. The van der Waals surface area contributed by atoms with E-state index in [0.717, 1.165) is 32.8 Å². The number of allylic oxidation sites excluding steroid dienone is 2. The van der Waals surface area contributed by atoms with Crippen LogP contribution in [0.4, 0.5) is 5.69 Å². The second-order valence-electron chi connectivity index (χ2n) is 21.1. The van der Waals surface area contributed by atoms with Crippen molar-refractivity contribution < 1.29 is 53.8 Å². The van der Waals surface area contributed by atoms with Crippen LogP contribution in [-0.4, -0.2) is 150 Å². The first kappa shape index (κ1) is 58.8. The molecule has 2 saturated heterocycles. The van der Waals surface area contributed by atoms with Crippen molar-refractivity contribution in [1.29, 1.82) is 0 Å². The molecule has 2 aliphatic heterocycles. The van der Waals surface area contributed by atoms with Crippen molar-refractivity contribution in [3.8, 4) is 5.75 Å². The number of aromatic nitrogens is 1. The van der Waals surface area contributed by atoms with Crippen molar-refractivity contribution in [3.05, 3.63) is 94.7 Å². The number of benzene rings is 2. The van der Waals surface area contributed by atoms with E-state index in [1.165, 1.54) is 32.0 Å². The Hall–Kier alpha value is -7.13. The Labute approximate surface area is 437 Å². The minimum atomic E-state index is -1.71. The van der Waals surface area contributed by atoms with Crippen LogP contribution in [0.15, 0.2) is 73.5 Å². The number of amides is 7. The molecule has 1 aromatic heterocycles. The van der Waals surface area contributed by atoms with E-state index >= 15 is 4.79 Å². The summed E-state index contributed by atoms with van der Waals surface area (Å²) in [6.07, 6.45) is 4.44. The first-order chi connectivity index (χ1) is 35.3. The van der Waals surface area contributed by atoms with Crippen LogP contribution in [0.25, 0.3) is 10.9 Å². The molecule has 9 atom stereocenters. The van der Waals surface area contributed by atoms with E-state index in [-0.39, 0.29) is 49.5 Å². The monoisotopic (exact) mass is 1040 g/mol. The third-order valence-electron chi connectivity index (χ3n) is 14.2. The summed E-state index contributed by atoms with van der Waals surface area (Å²) in [6, 6.07) is 1.10. The van der Waals surface area contributed by atoms with E-state index in [0.29, 0.717) is 5.56 Å². The molecule has 0 spiro atoms. The largest absolute Gasteiger partial charge is 0.502 e. The third-order valence-corrected chi connectivity index (χ3v) is 14.2. The highest BCUT2D eigenvalue weighted by Crippen LogP contribution is 2.33. The number of carbonyl (C=O) groups is 7. The van der Waals surface area contributed by atoms with Crippen LogP contribution in [-0.2, 0) is 51.9 Å². The van der Waals surface area contributed by atoms with Crippen LogP contribution in [0, 0.1) is 27.9 Å². The number of para-hydroxylation sites is 1. The average Bonchev–Trinajstić information content (AvgIpc) is 3.74. The van der Waals surface area contributed by atoms with Crippen molar-refractivity contribution in [1.82, 2.24) is 40.5 Å². The normalized spacial score (nSPS) is 25.3. The van der Waals surface area contributed by atoms with Gasteiger partial charge in [-0.1, -0.05) is 70.2 Å². The Bertz CT molecular complexity index is 2660. The van der Waals surface area contributed by atoms with Crippen LogP contribution in [0.1, 0.15) is 92.2 Å². The number of piperidine rings is 1. The molecule has 75 heavy (non-hydrogen) atoms. The highest BCUT2D eigenvalue weighted by atomic mass is 16.6. The quantitative estimate of drug-likeness (QED) is 0.0697. The van der Waals surface area contributed by atoms with Gasteiger partial charge in [0.1, 0.15) is 48.5 Å². The topological polar surface area (TPSA) is 286 Å². The predicted octanol–water partition coefficient (Wildman–Crippen LogP) is 3.17. The fourth-order valence-corrected chi connectivity index (χ4v) is 9.79. The zero-order valence-corrected chi connectivity index (χ0v) is 44.6. The lowest BCUT2D eigenvalue weighted by Crippen LogP contribution is -2.67. The van der Waals surface area contributed by atoms with Gasteiger partial charge in [-0.05, 0) is 88.5 Å². The number of phenols is 1. The molecule has 2 bridgehead atoms. The summed E-state index contributed by atoms with van der Waals surface area (Å²) >= 11 is 0. The molecule has 3 heterocycles. The van der Waals surface area contributed by atoms with Crippen molar-refractivity contribution in [2.75, 3.05) is 20.7 Å². The SMILES string of the molecule is C=CC(C)(C)n1cc(C[C@@H]2NC(=O)[C@H](CC=CC)NC(=O)[C@H](CC(C)C)N3C(=O)[C@H](C[C@@H](CO)[C@H]3O)N(C)C(=O)[C@H](C)NC(=O)[C@H](Cc3ccc(O)c([N+](=O)[O-])c3)NC(=O)[C@H](CC(C)C)N(C)C2=O)c2ccccc21. The number of aromatic hydroxyl groups is 1. The summed E-state index contributed by atoms with van der Waals surface area (Å²) in [5.41, 5.74) is 0.316. The minimum Gasteiger partial charge on any atom is -0.502 e. The first-order valence-corrected chi connectivity index (χ1v) is 25.4. The molecule has 0 saturated carbocycles. The summed E-state index contributed by atoms with van der Waals surface area (Å²) in [4.78, 5) is 118. The number of likely N-dealkylation sites (N-methyl/N-ethyl adjacent to an activating group) is 2. The Morgan fingerprint density at radius 3 is 2.03 bits per heavy atom. The number of carbonyl (C=O) groups excluding carboxylic acids is 7. The smallest absolute Gasteiger partial charge is 0.310 e. The van der Waals surface area contributed by atoms with Gasteiger partial charge in [0, 0.05) is 56.0 Å². The zero-order chi connectivity index (χ0) is 55.8. The molecule has 2 aliphatic rings. The molecule has 7 amide bonds. The summed E-state index contributed by atoms with van der Waals surface area (Å²) in [5.74, 6) is -7.94. The second-order valence-corrected chi connectivity index (χ2v) is 21.1. The van der Waals surface area contributed by atoms with Gasteiger partial charge in [-0.25, -0.2) is 0 Å². The lowest BCUT2D eigenvalue weighted by Gasteiger charge is -2.47. The van der Waals surface area contributed by atoms with Crippen LogP contribution in [0.3, 0.4) is 0 Å². The lowest BCUT2D eigenvalue weighted by molar-refractivity contribution is -0.385. The number of fused-ring (bicyclic) bond motifs is 3. The molecular weight excluding hydrogens is 967 g/mol. The van der Waals surface area contributed by atoms with Crippen molar-refractivity contribution >= 4 is 57.9 Å². The summed E-state index contributed by atoms with van der Waals surface area (Å²) in [6.45, 7) is 17.6. The Balaban J connectivity index is 1.73. The van der Waals surface area contributed by atoms with Gasteiger partial charge in [-0.2, -0.15) is 0 Å². The van der Waals surface area contributed by atoms with E-state index < -0.39 is 131 Å². The average molecular weight is 1040 g/mol. The van der Waals surface area contributed by atoms with Crippen LogP contribution >= 0.6 is 0 Å². The maximum absolute atomic E-state index is 15.3. The molecule has 21 nitrogen and oxygen atoms in total. The lowest BCUT2D eigenvalue weighted by atomic mass is 9.88. The number of rotatable bonds is 14. The van der Waals surface area contributed by atoms with Crippen molar-refractivity contribution in [2.24, 2.45) is 17.8 Å². The molecule has 2 fully saturated rings. The summed E-state index contributed by atoms with van der Waals surface area (Å²) in [7, 11) is 2.70. The van der Waals surface area contributed by atoms with Gasteiger partial charge in [0.05, 0.1) is 17.1 Å². The van der Waals surface area contributed by atoms with Crippen molar-refractivity contribution in [3.63, 3.8) is 0 Å². The maximum atomic E-state index is 15.3. The summed E-state index contributed by atoms with van der Waals surface area (Å²) in [5, 5.41) is 56.2. The van der Waals surface area contributed by atoms with Crippen LogP contribution in [0.5, 0.6) is 5.75 Å². The van der Waals surface area contributed by atoms with Gasteiger partial charge in [0.2, 0.25) is 41.4 Å². The maximum Gasteiger partial charge on any atom is 0.310 e. The minimum absolute atomic E-state index is 0.0253. The molecule has 21 heteroatoms. The van der Waals surface area contributed by atoms with Gasteiger partial charge < -0.3 is 55.9 Å². The van der Waals surface area contributed by atoms with E-state index in [1.807, 2.05) is 62.7 Å². The van der Waals surface area contributed by atoms with Gasteiger partial charge in [-0.15, -0.1) is 6.58 Å². The number of phenolic OH excluding ortho intramolecular Hbond substituents is 1. The molecule has 5 rings (SSSR count). The number of aliphatic hydroxyl groups excluding tert-OH is 2.